The summed E-state index contributed by atoms with van der Waals surface area (Å²) in [5.41, 5.74) is 4.41. The Hall–Kier alpha value is -3.28. The number of aryl methyl sites for hydroxylation is 2. The maximum Gasteiger partial charge on any atom is 0.270 e. The average Bonchev–Trinajstić information content (AvgIpc) is 2.64. The van der Waals surface area contributed by atoms with Crippen LogP contribution >= 0.6 is 0 Å². The van der Waals surface area contributed by atoms with Crippen LogP contribution in [0.1, 0.15) is 33.1 Å². The molecule has 0 spiro atoms. The number of nitrogens with one attached hydrogen (secondary N) is 2. The number of aromatic nitrogens is 3. The molecule has 6 heteroatoms. The molecule has 1 aromatic carbocycles. The quantitative estimate of drug-likeness (QED) is 0.739. The number of hydrogen-bond donors (Lipinski definition) is 2. The Morgan fingerprint density at radius 2 is 1.88 bits per heavy atom. The molecule has 0 saturated carbocycles. The van der Waals surface area contributed by atoms with Crippen LogP contribution in [0.2, 0.25) is 0 Å². The van der Waals surface area contributed by atoms with Crippen LogP contribution in [0.25, 0.3) is 0 Å². The third-order valence-corrected chi connectivity index (χ3v) is 4.09. The minimum atomic E-state index is -0.259. The van der Waals surface area contributed by atoms with Crippen LogP contribution in [0.3, 0.4) is 0 Å². The van der Waals surface area contributed by atoms with Crippen LogP contribution in [0.5, 0.6) is 0 Å². The molecule has 0 fully saturated rings. The number of benzene rings is 1. The average molecular weight is 347 g/mol. The molecule has 0 saturated heterocycles. The minimum Gasteiger partial charge on any atom is -0.345 e. The molecule has 6 nitrogen and oxygen atoms in total. The summed E-state index contributed by atoms with van der Waals surface area (Å²) in [4.78, 5) is 25.3. The molecular formula is C20H21N5O. The van der Waals surface area contributed by atoms with E-state index in [-0.39, 0.29) is 5.91 Å². The Morgan fingerprint density at radius 1 is 1.04 bits per heavy atom. The molecule has 1 amide bonds. The van der Waals surface area contributed by atoms with Crippen molar-refractivity contribution in [2.24, 2.45) is 0 Å². The fraction of sp³-hybridized carbons (Fsp3) is 0.200. The molecule has 0 aliphatic carbocycles. The van der Waals surface area contributed by atoms with Crippen molar-refractivity contribution in [3.05, 3.63) is 77.0 Å². The van der Waals surface area contributed by atoms with Gasteiger partial charge in [-0.05, 0) is 50.1 Å². The number of carbonyl (C=O) groups excluding carboxylic acids is 1. The molecule has 0 unspecified atom stereocenters. The maximum atomic E-state index is 12.4. The molecule has 132 valence electrons. The highest BCUT2D eigenvalue weighted by atomic mass is 16.1. The highest BCUT2D eigenvalue weighted by molar-refractivity contribution is 5.93. The third kappa shape index (κ3) is 4.22. The van der Waals surface area contributed by atoms with E-state index in [9.17, 15) is 4.79 Å². The molecule has 0 atom stereocenters. The molecule has 2 heterocycles. The molecule has 0 bridgehead atoms. The third-order valence-electron chi connectivity index (χ3n) is 4.09. The summed E-state index contributed by atoms with van der Waals surface area (Å²) in [7, 11) is 0. The minimum absolute atomic E-state index is 0.259. The van der Waals surface area contributed by atoms with Crippen molar-refractivity contribution in [1.82, 2.24) is 20.3 Å². The van der Waals surface area contributed by atoms with Gasteiger partial charge in [0.25, 0.3) is 5.91 Å². The van der Waals surface area contributed by atoms with Gasteiger partial charge in [0.05, 0.1) is 12.2 Å². The monoisotopic (exact) mass is 347 g/mol. The number of hydrogen-bond acceptors (Lipinski definition) is 5. The van der Waals surface area contributed by atoms with Gasteiger partial charge < -0.3 is 10.6 Å². The molecule has 0 aliphatic rings. The van der Waals surface area contributed by atoms with E-state index >= 15 is 0 Å². The number of nitrogens with zero attached hydrogens (tertiary/aromatic N) is 3. The lowest BCUT2D eigenvalue weighted by molar-refractivity contribution is 0.0945. The van der Waals surface area contributed by atoms with Gasteiger partial charge in [0, 0.05) is 18.0 Å². The number of anilines is 2. The van der Waals surface area contributed by atoms with Crippen LogP contribution in [0.15, 0.2) is 48.7 Å². The van der Waals surface area contributed by atoms with Gasteiger partial charge in [0.2, 0.25) is 0 Å². The van der Waals surface area contributed by atoms with E-state index in [1.54, 1.807) is 19.2 Å². The first kappa shape index (κ1) is 17.5. The smallest absolute Gasteiger partial charge is 0.270 e. The van der Waals surface area contributed by atoms with Crippen LogP contribution < -0.4 is 10.6 Å². The lowest BCUT2D eigenvalue weighted by Gasteiger charge is -2.12. The van der Waals surface area contributed by atoms with Crippen molar-refractivity contribution in [1.29, 1.82) is 0 Å². The van der Waals surface area contributed by atoms with Gasteiger partial charge in [0.15, 0.2) is 0 Å². The molecular weight excluding hydrogens is 326 g/mol. The summed E-state index contributed by atoms with van der Waals surface area (Å²) in [6.45, 7) is 6.22. The lowest BCUT2D eigenvalue weighted by atomic mass is 10.1. The summed E-state index contributed by atoms with van der Waals surface area (Å²) < 4.78 is 0. The maximum absolute atomic E-state index is 12.4. The van der Waals surface area contributed by atoms with E-state index in [1.807, 2.05) is 37.3 Å². The number of carbonyl (C=O) groups is 1. The SMILES string of the molecule is Cc1nc(Nc2cccc(C)c2C)cc(C(=O)NCc2ccccn2)n1. The van der Waals surface area contributed by atoms with Gasteiger partial charge in [0.1, 0.15) is 17.3 Å². The van der Waals surface area contributed by atoms with Gasteiger partial charge in [-0.3, -0.25) is 9.78 Å². The fourth-order valence-electron chi connectivity index (χ4n) is 2.54. The van der Waals surface area contributed by atoms with E-state index in [0.29, 0.717) is 23.9 Å². The Morgan fingerprint density at radius 3 is 2.65 bits per heavy atom. The second-order valence-corrected chi connectivity index (χ2v) is 6.06. The summed E-state index contributed by atoms with van der Waals surface area (Å²) >= 11 is 0. The first-order valence-electron chi connectivity index (χ1n) is 8.40. The highest BCUT2D eigenvalue weighted by Crippen LogP contribution is 2.22. The zero-order chi connectivity index (χ0) is 18.5. The Bertz CT molecular complexity index is 925. The molecule has 2 aromatic heterocycles. The lowest BCUT2D eigenvalue weighted by Crippen LogP contribution is -2.24. The largest absolute Gasteiger partial charge is 0.345 e. The summed E-state index contributed by atoms with van der Waals surface area (Å²) in [6.07, 6.45) is 1.70. The van der Waals surface area contributed by atoms with E-state index in [0.717, 1.165) is 16.9 Å². The van der Waals surface area contributed by atoms with Crippen molar-refractivity contribution in [2.45, 2.75) is 27.3 Å². The molecule has 2 N–H and O–H groups in total. The van der Waals surface area contributed by atoms with Crippen LogP contribution in [-0.2, 0) is 6.54 Å². The normalized spacial score (nSPS) is 10.4. The Balaban J connectivity index is 1.76. The van der Waals surface area contributed by atoms with Crippen molar-refractivity contribution in [3.8, 4) is 0 Å². The predicted octanol–water partition coefficient (Wildman–Crippen LogP) is 3.47. The van der Waals surface area contributed by atoms with E-state index < -0.39 is 0 Å². The van der Waals surface area contributed by atoms with Gasteiger partial charge >= 0.3 is 0 Å². The molecule has 26 heavy (non-hydrogen) atoms. The molecule has 3 aromatic rings. The first-order valence-corrected chi connectivity index (χ1v) is 8.40. The number of pyridine rings is 1. The number of amides is 1. The second kappa shape index (κ2) is 7.74. The van der Waals surface area contributed by atoms with Gasteiger partial charge in [-0.25, -0.2) is 9.97 Å². The molecule has 0 radical (unpaired) electrons. The van der Waals surface area contributed by atoms with E-state index in [4.69, 9.17) is 0 Å². The van der Waals surface area contributed by atoms with Gasteiger partial charge in [-0.2, -0.15) is 0 Å². The van der Waals surface area contributed by atoms with Crippen LogP contribution in [-0.4, -0.2) is 20.9 Å². The molecule has 3 rings (SSSR count). The van der Waals surface area contributed by atoms with E-state index in [2.05, 4.69) is 38.6 Å². The highest BCUT2D eigenvalue weighted by Gasteiger charge is 2.11. The summed E-state index contributed by atoms with van der Waals surface area (Å²) in [5.74, 6) is 0.864. The topological polar surface area (TPSA) is 79.8 Å². The Kier molecular flexibility index (Phi) is 5.22. The standard InChI is InChI=1S/C20H21N5O/c1-13-7-6-9-17(14(13)2)25-19-11-18(23-15(3)24-19)20(26)22-12-16-8-4-5-10-21-16/h4-11H,12H2,1-3H3,(H,22,26)(H,23,24,25). The van der Waals surface area contributed by atoms with Crippen molar-refractivity contribution in [2.75, 3.05) is 5.32 Å². The summed E-state index contributed by atoms with van der Waals surface area (Å²) in [5, 5.41) is 6.11. The van der Waals surface area contributed by atoms with Gasteiger partial charge in [-0.15, -0.1) is 0 Å². The van der Waals surface area contributed by atoms with Crippen LogP contribution in [0, 0.1) is 20.8 Å². The number of rotatable bonds is 5. The Labute approximate surface area is 152 Å². The first-order chi connectivity index (χ1) is 12.5. The fourth-order valence-corrected chi connectivity index (χ4v) is 2.54. The van der Waals surface area contributed by atoms with Crippen LogP contribution in [0.4, 0.5) is 11.5 Å². The zero-order valence-electron chi connectivity index (χ0n) is 15.1. The van der Waals surface area contributed by atoms with E-state index in [1.165, 1.54) is 5.56 Å². The van der Waals surface area contributed by atoms with Crippen molar-refractivity contribution >= 4 is 17.4 Å². The van der Waals surface area contributed by atoms with Gasteiger partial charge in [-0.1, -0.05) is 18.2 Å². The van der Waals surface area contributed by atoms with Crippen molar-refractivity contribution < 1.29 is 4.79 Å². The second-order valence-electron chi connectivity index (χ2n) is 6.06. The predicted molar refractivity (Wildman–Crippen MR) is 101 cm³/mol. The zero-order valence-corrected chi connectivity index (χ0v) is 15.1. The summed E-state index contributed by atoms with van der Waals surface area (Å²) in [6, 6.07) is 13.3. The van der Waals surface area contributed by atoms with Crippen molar-refractivity contribution in [3.63, 3.8) is 0 Å². The molecule has 0 aliphatic heterocycles.